The summed E-state index contributed by atoms with van der Waals surface area (Å²) in [5.41, 5.74) is 1.16. The molecule has 1 saturated heterocycles. The van der Waals surface area contributed by atoms with Gasteiger partial charge in [-0.25, -0.2) is 0 Å². The third kappa shape index (κ3) is 4.45. The van der Waals surface area contributed by atoms with Gasteiger partial charge in [0.05, 0.1) is 0 Å². The summed E-state index contributed by atoms with van der Waals surface area (Å²) in [6.07, 6.45) is 1.30. The van der Waals surface area contributed by atoms with E-state index in [9.17, 15) is 0 Å². The maximum absolute atomic E-state index is 6.19. The highest BCUT2D eigenvalue weighted by Crippen LogP contribution is 2.21. The van der Waals surface area contributed by atoms with Gasteiger partial charge in [0, 0.05) is 28.6 Å². The third-order valence-corrected chi connectivity index (χ3v) is 4.67. The SMILES string of the molecule is CC(C)N1CCC(CNCc2cc(Br)ccc2Cl)C1. The average molecular weight is 346 g/mol. The normalized spacial score (nSPS) is 20.4. The Kier molecular flexibility index (Phi) is 5.70. The zero-order chi connectivity index (χ0) is 13.8. The lowest BCUT2D eigenvalue weighted by Gasteiger charge is -2.20. The lowest BCUT2D eigenvalue weighted by molar-refractivity contribution is 0.264. The number of halogens is 2. The highest BCUT2D eigenvalue weighted by molar-refractivity contribution is 9.10. The Bertz CT molecular complexity index is 423. The quantitative estimate of drug-likeness (QED) is 0.870. The van der Waals surface area contributed by atoms with Crippen molar-refractivity contribution in [2.75, 3.05) is 19.6 Å². The monoisotopic (exact) mass is 344 g/mol. The summed E-state index contributed by atoms with van der Waals surface area (Å²) < 4.78 is 1.08. The molecular formula is C15H22BrClN2. The van der Waals surface area contributed by atoms with Gasteiger partial charge < -0.3 is 10.2 Å². The van der Waals surface area contributed by atoms with Gasteiger partial charge in [0.2, 0.25) is 0 Å². The van der Waals surface area contributed by atoms with Gasteiger partial charge in [0.15, 0.2) is 0 Å². The van der Waals surface area contributed by atoms with E-state index in [1.165, 1.54) is 19.5 Å². The number of benzene rings is 1. The van der Waals surface area contributed by atoms with Crippen molar-refractivity contribution in [1.82, 2.24) is 10.2 Å². The molecule has 1 heterocycles. The van der Waals surface area contributed by atoms with E-state index in [0.717, 1.165) is 34.1 Å². The van der Waals surface area contributed by atoms with Gasteiger partial charge in [-0.2, -0.15) is 0 Å². The Balaban J connectivity index is 1.77. The largest absolute Gasteiger partial charge is 0.312 e. The Labute approximate surface area is 129 Å². The molecule has 1 N–H and O–H groups in total. The summed E-state index contributed by atoms with van der Waals surface area (Å²) in [6.45, 7) is 8.93. The first-order chi connectivity index (χ1) is 9.06. The predicted molar refractivity (Wildman–Crippen MR) is 85.7 cm³/mol. The first-order valence-corrected chi connectivity index (χ1v) is 8.12. The second-order valence-corrected chi connectivity index (χ2v) is 6.93. The van der Waals surface area contributed by atoms with E-state index in [0.29, 0.717) is 6.04 Å². The van der Waals surface area contributed by atoms with Crippen LogP contribution < -0.4 is 5.32 Å². The molecule has 1 aliphatic heterocycles. The summed E-state index contributed by atoms with van der Waals surface area (Å²) in [4.78, 5) is 2.55. The molecule has 2 nitrogen and oxygen atoms in total. The Hall–Kier alpha value is -0.0900. The molecule has 106 valence electrons. The fourth-order valence-corrected chi connectivity index (χ4v) is 3.18. The van der Waals surface area contributed by atoms with E-state index >= 15 is 0 Å². The van der Waals surface area contributed by atoms with Crippen LogP contribution in [0.1, 0.15) is 25.8 Å². The Morgan fingerprint density at radius 2 is 2.26 bits per heavy atom. The van der Waals surface area contributed by atoms with Gasteiger partial charge in [-0.15, -0.1) is 0 Å². The van der Waals surface area contributed by atoms with Crippen LogP contribution in [-0.4, -0.2) is 30.6 Å². The lowest BCUT2D eigenvalue weighted by Crippen LogP contribution is -2.30. The maximum atomic E-state index is 6.19. The summed E-state index contributed by atoms with van der Waals surface area (Å²) in [6, 6.07) is 6.68. The van der Waals surface area contributed by atoms with Gasteiger partial charge in [-0.05, 0) is 63.0 Å². The van der Waals surface area contributed by atoms with Crippen molar-refractivity contribution in [3.05, 3.63) is 33.3 Å². The Morgan fingerprint density at radius 3 is 2.95 bits per heavy atom. The average Bonchev–Trinajstić information content (AvgIpc) is 2.82. The van der Waals surface area contributed by atoms with E-state index in [1.54, 1.807) is 0 Å². The van der Waals surface area contributed by atoms with Crippen LogP contribution in [-0.2, 0) is 6.54 Å². The van der Waals surface area contributed by atoms with E-state index in [4.69, 9.17) is 11.6 Å². The van der Waals surface area contributed by atoms with Gasteiger partial charge >= 0.3 is 0 Å². The zero-order valence-corrected chi connectivity index (χ0v) is 14.0. The molecule has 0 spiro atoms. The van der Waals surface area contributed by atoms with Gasteiger partial charge in [0.25, 0.3) is 0 Å². The van der Waals surface area contributed by atoms with Crippen LogP contribution in [0.25, 0.3) is 0 Å². The Morgan fingerprint density at radius 1 is 1.47 bits per heavy atom. The van der Waals surface area contributed by atoms with Crippen molar-refractivity contribution in [1.29, 1.82) is 0 Å². The zero-order valence-electron chi connectivity index (χ0n) is 11.6. The molecule has 0 amide bonds. The van der Waals surface area contributed by atoms with Crippen molar-refractivity contribution in [3.8, 4) is 0 Å². The predicted octanol–water partition coefficient (Wildman–Crippen LogP) is 3.92. The second kappa shape index (κ2) is 7.07. The number of nitrogens with one attached hydrogen (secondary N) is 1. The first-order valence-electron chi connectivity index (χ1n) is 6.95. The fraction of sp³-hybridized carbons (Fsp3) is 0.600. The second-order valence-electron chi connectivity index (χ2n) is 5.61. The lowest BCUT2D eigenvalue weighted by atomic mass is 10.1. The molecule has 1 aromatic rings. The number of nitrogens with zero attached hydrogens (tertiary/aromatic N) is 1. The van der Waals surface area contributed by atoms with Crippen LogP contribution in [0, 0.1) is 5.92 Å². The first kappa shape index (κ1) is 15.3. The summed E-state index contributed by atoms with van der Waals surface area (Å²) >= 11 is 9.67. The topological polar surface area (TPSA) is 15.3 Å². The van der Waals surface area contributed by atoms with E-state index in [2.05, 4.69) is 46.1 Å². The molecule has 1 aliphatic rings. The van der Waals surface area contributed by atoms with Crippen molar-refractivity contribution < 1.29 is 0 Å². The van der Waals surface area contributed by atoms with Crippen LogP contribution >= 0.6 is 27.5 Å². The van der Waals surface area contributed by atoms with Gasteiger partial charge in [-0.1, -0.05) is 27.5 Å². The molecule has 2 rings (SSSR count). The van der Waals surface area contributed by atoms with Crippen LogP contribution in [0.5, 0.6) is 0 Å². The molecule has 1 unspecified atom stereocenters. The molecule has 0 bridgehead atoms. The molecular weight excluding hydrogens is 324 g/mol. The summed E-state index contributed by atoms with van der Waals surface area (Å²) in [7, 11) is 0. The molecule has 4 heteroatoms. The van der Waals surface area contributed by atoms with Crippen molar-refractivity contribution in [2.45, 2.75) is 32.9 Å². The number of likely N-dealkylation sites (tertiary alicyclic amines) is 1. The van der Waals surface area contributed by atoms with Crippen molar-refractivity contribution in [3.63, 3.8) is 0 Å². The minimum atomic E-state index is 0.671. The molecule has 19 heavy (non-hydrogen) atoms. The highest BCUT2D eigenvalue weighted by Gasteiger charge is 2.23. The smallest absolute Gasteiger partial charge is 0.0451 e. The van der Waals surface area contributed by atoms with Crippen LogP contribution in [0.2, 0.25) is 5.02 Å². The summed E-state index contributed by atoms with van der Waals surface area (Å²) in [5, 5.41) is 4.38. The molecule has 1 aromatic carbocycles. The van der Waals surface area contributed by atoms with Crippen molar-refractivity contribution in [2.24, 2.45) is 5.92 Å². The highest BCUT2D eigenvalue weighted by atomic mass is 79.9. The molecule has 0 saturated carbocycles. The van der Waals surface area contributed by atoms with Crippen LogP contribution in [0.3, 0.4) is 0 Å². The molecule has 0 aliphatic carbocycles. The minimum absolute atomic E-state index is 0.671. The summed E-state index contributed by atoms with van der Waals surface area (Å²) in [5.74, 6) is 0.772. The molecule has 1 fully saturated rings. The van der Waals surface area contributed by atoms with Crippen LogP contribution in [0.4, 0.5) is 0 Å². The van der Waals surface area contributed by atoms with E-state index in [1.807, 2.05) is 12.1 Å². The van der Waals surface area contributed by atoms with E-state index < -0.39 is 0 Å². The number of rotatable bonds is 5. The number of hydrogen-bond donors (Lipinski definition) is 1. The minimum Gasteiger partial charge on any atom is -0.312 e. The van der Waals surface area contributed by atoms with E-state index in [-0.39, 0.29) is 0 Å². The molecule has 1 atom stereocenters. The third-order valence-electron chi connectivity index (χ3n) is 3.80. The van der Waals surface area contributed by atoms with Gasteiger partial charge in [0.1, 0.15) is 0 Å². The molecule has 0 radical (unpaired) electrons. The fourth-order valence-electron chi connectivity index (χ4n) is 2.59. The van der Waals surface area contributed by atoms with Crippen LogP contribution in [0.15, 0.2) is 22.7 Å². The molecule has 0 aromatic heterocycles. The number of hydrogen-bond acceptors (Lipinski definition) is 2. The maximum Gasteiger partial charge on any atom is 0.0451 e. The van der Waals surface area contributed by atoms with Crippen molar-refractivity contribution >= 4 is 27.5 Å². The standard InChI is InChI=1S/C15H22BrClN2/c1-11(2)19-6-5-12(10-19)8-18-9-13-7-14(16)3-4-15(13)17/h3-4,7,11-12,18H,5-6,8-10H2,1-2H3. The van der Waals surface area contributed by atoms with Gasteiger partial charge in [-0.3, -0.25) is 0 Å².